The molecule has 0 aromatic heterocycles. The summed E-state index contributed by atoms with van der Waals surface area (Å²) < 4.78 is 11.7. The van der Waals surface area contributed by atoms with E-state index in [0.29, 0.717) is 29.2 Å². The quantitative estimate of drug-likeness (QED) is 0.524. The second-order valence-electron chi connectivity index (χ2n) is 5.56. The summed E-state index contributed by atoms with van der Waals surface area (Å²) in [5.74, 6) is 1.43. The molecule has 0 heterocycles. The van der Waals surface area contributed by atoms with Gasteiger partial charge in [0.2, 0.25) is 0 Å². The van der Waals surface area contributed by atoms with Crippen molar-refractivity contribution in [1.82, 2.24) is 0 Å². The molecular weight excluding hydrogens is 380 g/mol. The van der Waals surface area contributed by atoms with E-state index in [2.05, 4.69) is 27.0 Å². The Balaban J connectivity index is 1.95. The molecule has 0 aliphatic carbocycles. The van der Waals surface area contributed by atoms with Crippen molar-refractivity contribution >= 4 is 20.6 Å². The first kappa shape index (κ1) is 19.1. The molecule has 0 saturated heterocycles. The normalized spacial score (nSPS) is 12.5. The summed E-state index contributed by atoms with van der Waals surface area (Å²) in [4.78, 5) is 4.54. The molecule has 0 fully saturated rings. The highest BCUT2D eigenvalue weighted by molar-refractivity contribution is 9.18. The number of methoxy groups -OCH3 is 1. The minimum absolute atomic E-state index is 0.450. The van der Waals surface area contributed by atoms with Crippen LogP contribution in [-0.2, 0) is 17.8 Å². The summed E-state index contributed by atoms with van der Waals surface area (Å²) >= 11 is 3.48. The van der Waals surface area contributed by atoms with E-state index in [9.17, 15) is 0 Å². The van der Waals surface area contributed by atoms with Gasteiger partial charge in [-0.15, -0.1) is 0 Å². The van der Waals surface area contributed by atoms with E-state index in [1.165, 1.54) is 5.56 Å². The van der Waals surface area contributed by atoms with E-state index in [4.69, 9.17) is 15.2 Å². The molecule has 2 aromatic rings. The molecular formula is C20H23BrN2O2. The molecule has 2 N–H and O–H groups in total. The molecule has 0 aliphatic heterocycles. The predicted octanol–water partition coefficient (Wildman–Crippen LogP) is 4.44. The number of benzene rings is 2. The standard InChI is InChI=1S/C20H23BrN2O2/c1-15(22)19(25-14-17-7-4-3-5-8-17)20(21)23-12-11-16-9-6-10-18(13-16)24-2/h3-10,13H,11-12,14,22H2,1-2H3/b19-15+,23-20?. The lowest BCUT2D eigenvalue weighted by Crippen LogP contribution is -2.09. The molecule has 2 aromatic carbocycles. The van der Waals surface area contributed by atoms with Crippen molar-refractivity contribution in [2.75, 3.05) is 13.7 Å². The molecule has 0 aliphatic rings. The first-order valence-corrected chi connectivity index (χ1v) is 8.85. The predicted molar refractivity (Wildman–Crippen MR) is 106 cm³/mol. The van der Waals surface area contributed by atoms with Crippen molar-refractivity contribution in [3.63, 3.8) is 0 Å². The van der Waals surface area contributed by atoms with Crippen molar-refractivity contribution in [3.05, 3.63) is 77.2 Å². The van der Waals surface area contributed by atoms with Crippen LogP contribution in [0.15, 0.2) is 71.0 Å². The number of nitrogens with two attached hydrogens (primary N) is 1. The molecule has 0 radical (unpaired) electrons. The number of aliphatic imine (C=N–C) groups is 1. The summed E-state index contributed by atoms with van der Waals surface area (Å²) in [7, 11) is 1.67. The highest BCUT2D eigenvalue weighted by Crippen LogP contribution is 2.15. The monoisotopic (exact) mass is 402 g/mol. The SMILES string of the molecule is COc1cccc(CCN=C(Br)/C(OCc2ccccc2)=C(/C)N)c1. The first-order valence-electron chi connectivity index (χ1n) is 8.06. The minimum Gasteiger partial charge on any atom is -0.497 e. The lowest BCUT2D eigenvalue weighted by molar-refractivity contribution is 0.215. The van der Waals surface area contributed by atoms with Crippen molar-refractivity contribution < 1.29 is 9.47 Å². The van der Waals surface area contributed by atoms with E-state index < -0.39 is 0 Å². The Hall–Kier alpha value is -2.27. The molecule has 0 atom stereocenters. The minimum atomic E-state index is 0.450. The number of nitrogens with zero attached hydrogens (tertiary/aromatic N) is 1. The Morgan fingerprint density at radius 2 is 1.80 bits per heavy atom. The third-order valence-corrected chi connectivity index (χ3v) is 4.17. The molecule has 25 heavy (non-hydrogen) atoms. The third-order valence-electron chi connectivity index (χ3n) is 3.56. The third kappa shape index (κ3) is 6.27. The maximum atomic E-state index is 5.95. The fourth-order valence-corrected chi connectivity index (χ4v) is 2.85. The van der Waals surface area contributed by atoms with Gasteiger partial charge in [-0.3, -0.25) is 4.99 Å². The van der Waals surface area contributed by atoms with Crippen molar-refractivity contribution in [2.45, 2.75) is 20.0 Å². The number of hydrogen-bond donors (Lipinski definition) is 1. The van der Waals surface area contributed by atoms with Crippen molar-refractivity contribution in [3.8, 4) is 5.75 Å². The zero-order valence-electron chi connectivity index (χ0n) is 14.5. The van der Waals surface area contributed by atoms with Crippen LogP contribution in [0.5, 0.6) is 5.75 Å². The zero-order valence-corrected chi connectivity index (χ0v) is 16.1. The lowest BCUT2D eigenvalue weighted by Gasteiger charge is -2.11. The van der Waals surface area contributed by atoms with E-state index in [1.807, 2.05) is 48.5 Å². The van der Waals surface area contributed by atoms with E-state index in [-0.39, 0.29) is 0 Å². The summed E-state index contributed by atoms with van der Waals surface area (Å²) in [6.45, 7) is 2.88. The fraction of sp³-hybridized carbons (Fsp3) is 0.250. The average molecular weight is 403 g/mol. The first-order chi connectivity index (χ1) is 12.1. The van der Waals surface area contributed by atoms with Gasteiger partial charge in [0.1, 0.15) is 17.0 Å². The summed E-state index contributed by atoms with van der Waals surface area (Å²) in [6.07, 6.45) is 0.807. The number of hydrogen-bond acceptors (Lipinski definition) is 4. The van der Waals surface area contributed by atoms with Crippen LogP contribution in [0.1, 0.15) is 18.1 Å². The van der Waals surface area contributed by atoms with Gasteiger partial charge in [0.05, 0.1) is 12.8 Å². The van der Waals surface area contributed by atoms with Gasteiger partial charge in [-0.2, -0.15) is 0 Å². The second kappa shape index (κ2) is 9.89. The lowest BCUT2D eigenvalue weighted by atomic mass is 10.1. The van der Waals surface area contributed by atoms with E-state index in [0.717, 1.165) is 17.7 Å². The Labute approximate surface area is 157 Å². The van der Waals surface area contributed by atoms with Crippen LogP contribution in [0, 0.1) is 0 Å². The number of halogens is 1. The molecule has 0 amide bonds. The van der Waals surface area contributed by atoms with Crippen LogP contribution in [-0.4, -0.2) is 18.3 Å². The van der Waals surface area contributed by atoms with Gasteiger partial charge in [0.25, 0.3) is 0 Å². The van der Waals surface area contributed by atoms with Gasteiger partial charge in [-0.1, -0.05) is 42.5 Å². The Morgan fingerprint density at radius 3 is 2.48 bits per heavy atom. The Bertz CT molecular complexity index is 738. The van der Waals surface area contributed by atoms with Crippen LogP contribution >= 0.6 is 15.9 Å². The molecule has 5 heteroatoms. The van der Waals surface area contributed by atoms with Crippen LogP contribution < -0.4 is 10.5 Å². The van der Waals surface area contributed by atoms with E-state index in [1.54, 1.807) is 14.0 Å². The van der Waals surface area contributed by atoms with Crippen LogP contribution in [0.25, 0.3) is 0 Å². The summed E-state index contributed by atoms with van der Waals surface area (Å²) in [5, 5.41) is 0. The highest BCUT2D eigenvalue weighted by Gasteiger charge is 2.09. The summed E-state index contributed by atoms with van der Waals surface area (Å²) in [6, 6.07) is 17.9. The Morgan fingerprint density at radius 1 is 1.08 bits per heavy atom. The Kier molecular flexibility index (Phi) is 7.54. The number of allylic oxidation sites excluding steroid dienone is 2. The fourth-order valence-electron chi connectivity index (χ4n) is 2.25. The van der Waals surface area contributed by atoms with Crippen LogP contribution in [0.4, 0.5) is 0 Å². The highest BCUT2D eigenvalue weighted by atomic mass is 79.9. The van der Waals surface area contributed by atoms with Gasteiger partial charge in [-0.25, -0.2) is 0 Å². The van der Waals surface area contributed by atoms with Gasteiger partial charge in [-0.05, 0) is 52.5 Å². The van der Waals surface area contributed by atoms with Crippen molar-refractivity contribution in [1.29, 1.82) is 0 Å². The maximum absolute atomic E-state index is 5.95. The maximum Gasteiger partial charge on any atom is 0.170 e. The molecule has 0 unspecified atom stereocenters. The zero-order chi connectivity index (χ0) is 18.1. The summed E-state index contributed by atoms with van der Waals surface area (Å²) in [5.41, 5.74) is 8.79. The second-order valence-corrected chi connectivity index (χ2v) is 6.31. The smallest absolute Gasteiger partial charge is 0.170 e. The van der Waals surface area contributed by atoms with Gasteiger partial charge in [0.15, 0.2) is 5.76 Å². The van der Waals surface area contributed by atoms with Gasteiger partial charge < -0.3 is 15.2 Å². The molecule has 0 saturated carbocycles. The van der Waals surface area contributed by atoms with Crippen LogP contribution in [0.3, 0.4) is 0 Å². The van der Waals surface area contributed by atoms with Crippen LogP contribution in [0.2, 0.25) is 0 Å². The van der Waals surface area contributed by atoms with Crippen molar-refractivity contribution in [2.24, 2.45) is 10.7 Å². The van der Waals surface area contributed by atoms with Gasteiger partial charge >= 0.3 is 0 Å². The average Bonchev–Trinajstić information content (AvgIpc) is 2.62. The molecule has 2 rings (SSSR count). The number of rotatable bonds is 8. The molecule has 4 nitrogen and oxygen atoms in total. The largest absolute Gasteiger partial charge is 0.497 e. The number of ether oxygens (including phenoxy) is 2. The molecule has 0 spiro atoms. The van der Waals surface area contributed by atoms with Gasteiger partial charge in [0, 0.05) is 6.54 Å². The topological polar surface area (TPSA) is 56.8 Å². The van der Waals surface area contributed by atoms with E-state index >= 15 is 0 Å². The molecule has 132 valence electrons. The molecule has 0 bridgehead atoms.